The zero-order valence-electron chi connectivity index (χ0n) is 10.9. The lowest BCUT2D eigenvalue weighted by Gasteiger charge is -2.29. The number of carbonyl (C=O) groups excluding carboxylic acids is 1. The second kappa shape index (κ2) is 5.84. The van der Waals surface area contributed by atoms with Crippen LogP contribution in [0.3, 0.4) is 0 Å². The van der Waals surface area contributed by atoms with Crippen molar-refractivity contribution in [2.45, 2.75) is 19.9 Å². The van der Waals surface area contributed by atoms with E-state index in [9.17, 15) is 4.79 Å². The van der Waals surface area contributed by atoms with Crippen LogP contribution in [0.5, 0.6) is 0 Å². The van der Waals surface area contributed by atoms with Gasteiger partial charge in [0.1, 0.15) is 4.99 Å². The predicted molar refractivity (Wildman–Crippen MR) is 77.4 cm³/mol. The fraction of sp³-hybridized carbons (Fsp3) is 0.286. The molecule has 0 aliphatic carbocycles. The van der Waals surface area contributed by atoms with E-state index >= 15 is 0 Å². The van der Waals surface area contributed by atoms with Crippen molar-refractivity contribution in [3.63, 3.8) is 0 Å². The van der Waals surface area contributed by atoms with E-state index in [2.05, 4.69) is 10.6 Å². The Labute approximate surface area is 117 Å². The quantitative estimate of drug-likeness (QED) is 0.637. The Bertz CT molecular complexity index is 526. The van der Waals surface area contributed by atoms with Crippen LogP contribution in [0.4, 0.5) is 0 Å². The molecule has 2 N–H and O–H groups in total. The van der Waals surface area contributed by atoms with Crippen molar-refractivity contribution in [3.05, 3.63) is 47.3 Å². The molecule has 100 valence electrons. The molecular formula is C14H16N2O2S. The van der Waals surface area contributed by atoms with Gasteiger partial charge < -0.3 is 15.4 Å². The molecule has 1 aliphatic rings. The lowest BCUT2D eigenvalue weighted by Crippen LogP contribution is -2.44. The fourth-order valence-electron chi connectivity index (χ4n) is 1.87. The summed E-state index contributed by atoms with van der Waals surface area (Å²) in [5, 5.41) is 6.14. The molecule has 2 rings (SSSR count). The zero-order valence-corrected chi connectivity index (χ0v) is 11.7. The molecule has 0 bridgehead atoms. The number of esters is 1. The summed E-state index contributed by atoms with van der Waals surface area (Å²) in [6.45, 7) is 4.05. The van der Waals surface area contributed by atoms with Gasteiger partial charge in [-0.05, 0) is 19.4 Å². The summed E-state index contributed by atoms with van der Waals surface area (Å²) >= 11 is 5.12. The SMILES string of the molecule is CCOC(=O)C(NC1=C(C)NC1=S)c1ccccc1. The molecule has 1 atom stereocenters. The Morgan fingerprint density at radius 3 is 2.63 bits per heavy atom. The normalized spacial score (nSPS) is 15.4. The average molecular weight is 276 g/mol. The van der Waals surface area contributed by atoms with E-state index in [0.717, 1.165) is 17.0 Å². The molecule has 4 nitrogen and oxygen atoms in total. The molecule has 0 spiro atoms. The molecule has 1 heterocycles. The predicted octanol–water partition coefficient (Wildman–Crippen LogP) is 2.04. The first-order valence-electron chi connectivity index (χ1n) is 6.13. The van der Waals surface area contributed by atoms with Crippen LogP contribution in [-0.2, 0) is 9.53 Å². The standard InChI is InChI=1S/C14H16N2O2S/c1-3-18-14(17)12(10-7-5-4-6-8-10)16-11-9(2)15-13(11)19/h4-8,12,16H,3H2,1-2H3,(H,15,19). The number of hydrogen-bond acceptors (Lipinski definition) is 4. The lowest BCUT2D eigenvalue weighted by molar-refractivity contribution is -0.145. The van der Waals surface area contributed by atoms with Crippen molar-refractivity contribution >= 4 is 23.2 Å². The lowest BCUT2D eigenvalue weighted by atomic mass is 10.1. The highest BCUT2D eigenvalue weighted by Gasteiger charge is 2.28. The maximum atomic E-state index is 12.1. The Hall–Kier alpha value is -1.88. The second-order valence-electron chi connectivity index (χ2n) is 4.19. The number of ether oxygens (including phenoxy) is 1. The van der Waals surface area contributed by atoms with Crippen molar-refractivity contribution in [2.75, 3.05) is 6.61 Å². The van der Waals surface area contributed by atoms with Gasteiger partial charge in [-0.2, -0.15) is 0 Å². The highest BCUT2D eigenvalue weighted by molar-refractivity contribution is 7.80. The molecule has 0 fully saturated rings. The highest BCUT2D eigenvalue weighted by Crippen LogP contribution is 2.20. The van der Waals surface area contributed by atoms with E-state index in [1.807, 2.05) is 37.3 Å². The third kappa shape index (κ3) is 2.93. The number of thiocarbonyl (C=S) groups is 1. The third-order valence-corrected chi connectivity index (χ3v) is 3.15. The first-order valence-corrected chi connectivity index (χ1v) is 6.54. The highest BCUT2D eigenvalue weighted by atomic mass is 32.1. The van der Waals surface area contributed by atoms with Gasteiger partial charge in [-0.1, -0.05) is 42.5 Å². The van der Waals surface area contributed by atoms with Crippen molar-refractivity contribution in [1.82, 2.24) is 10.6 Å². The number of hydrogen-bond donors (Lipinski definition) is 2. The fourth-order valence-corrected chi connectivity index (χ4v) is 2.24. The van der Waals surface area contributed by atoms with Gasteiger partial charge >= 0.3 is 5.97 Å². The molecule has 1 unspecified atom stereocenters. The van der Waals surface area contributed by atoms with Gasteiger partial charge in [-0.25, -0.2) is 4.79 Å². The minimum atomic E-state index is -0.536. The molecule has 0 aromatic heterocycles. The van der Waals surface area contributed by atoms with Gasteiger partial charge in [-0.3, -0.25) is 0 Å². The first-order chi connectivity index (χ1) is 9.13. The molecule has 0 saturated heterocycles. The molecule has 1 aromatic carbocycles. The van der Waals surface area contributed by atoms with Gasteiger partial charge in [-0.15, -0.1) is 0 Å². The Morgan fingerprint density at radius 2 is 2.11 bits per heavy atom. The summed E-state index contributed by atoms with van der Waals surface area (Å²) in [5.41, 5.74) is 2.60. The maximum Gasteiger partial charge on any atom is 0.333 e. The van der Waals surface area contributed by atoms with Crippen LogP contribution >= 0.6 is 12.2 Å². The van der Waals surface area contributed by atoms with Gasteiger partial charge in [0, 0.05) is 5.70 Å². The largest absolute Gasteiger partial charge is 0.464 e. The Balaban J connectivity index is 2.23. The smallest absolute Gasteiger partial charge is 0.333 e. The second-order valence-corrected chi connectivity index (χ2v) is 4.60. The zero-order chi connectivity index (χ0) is 13.8. The number of carbonyl (C=O) groups is 1. The molecule has 19 heavy (non-hydrogen) atoms. The van der Waals surface area contributed by atoms with Crippen molar-refractivity contribution in [2.24, 2.45) is 0 Å². The van der Waals surface area contributed by atoms with Crippen molar-refractivity contribution < 1.29 is 9.53 Å². The third-order valence-electron chi connectivity index (χ3n) is 2.85. The molecule has 0 amide bonds. The van der Waals surface area contributed by atoms with Crippen molar-refractivity contribution in [1.29, 1.82) is 0 Å². The van der Waals surface area contributed by atoms with Crippen LogP contribution in [0.25, 0.3) is 0 Å². The summed E-state index contributed by atoms with van der Waals surface area (Å²) in [7, 11) is 0. The summed E-state index contributed by atoms with van der Waals surface area (Å²) in [6, 6.07) is 8.93. The van der Waals surface area contributed by atoms with Crippen LogP contribution in [0.1, 0.15) is 25.5 Å². The summed E-state index contributed by atoms with van der Waals surface area (Å²) < 4.78 is 5.11. The molecule has 0 saturated carbocycles. The van der Waals surface area contributed by atoms with Gasteiger partial charge in [0.05, 0.1) is 12.3 Å². The van der Waals surface area contributed by atoms with Crippen LogP contribution in [0.15, 0.2) is 41.7 Å². The summed E-state index contributed by atoms with van der Waals surface area (Å²) in [5.74, 6) is -0.302. The van der Waals surface area contributed by atoms with Crippen LogP contribution in [-0.4, -0.2) is 17.6 Å². The topological polar surface area (TPSA) is 50.4 Å². The summed E-state index contributed by atoms with van der Waals surface area (Å²) in [6.07, 6.45) is 0. The minimum absolute atomic E-state index is 0.302. The average Bonchev–Trinajstić information content (AvgIpc) is 2.40. The molecule has 1 aliphatic heterocycles. The number of benzene rings is 1. The molecule has 0 radical (unpaired) electrons. The van der Waals surface area contributed by atoms with Crippen LogP contribution in [0, 0.1) is 0 Å². The van der Waals surface area contributed by atoms with E-state index in [1.165, 1.54) is 0 Å². The van der Waals surface area contributed by atoms with E-state index < -0.39 is 6.04 Å². The number of allylic oxidation sites excluding steroid dienone is 1. The van der Waals surface area contributed by atoms with E-state index in [0.29, 0.717) is 11.6 Å². The van der Waals surface area contributed by atoms with Crippen LogP contribution in [0.2, 0.25) is 0 Å². The molecule has 1 aromatic rings. The van der Waals surface area contributed by atoms with E-state index in [-0.39, 0.29) is 5.97 Å². The number of nitrogens with one attached hydrogen (secondary N) is 2. The van der Waals surface area contributed by atoms with Gasteiger partial charge in [0.2, 0.25) is 0 Å². The summed E-state index contributed by atoms with van der Waals surface area (Å²) in [4.78, 5) is 12.7. The van der Waals surface area contributed by atoms with Crippen LogP contribution < -0.4 is 10.6 Å². The minimum Gasteiger partial charge on any atom is -0.464 e. The number of rotatable bonds is 5. The maximum absolute atomic E-state index is 12.1. The molecular weight excluding hydrogens is 260 g/mol. The monoisotopic (exact) mass is 276 g/mol. The van der Waals surface area contributed by atoms with E-state index in [1.54, 1.807) is 6.92 Å². The van der Waals surface area contributed by atoms with Gasteiger partial charge in [0.15, 0.2) is 6.04 Å². The van der Waals surface area contributed by atoms with Gasteiger partial charge in [0.25, 0.3) is 0 Å². The van der Waals surface area contributed by atoms with Crippen molar-refractivity contribution in [3.8, 4) is 0 Å². The Kier molecular flexibility index (Phi) is 4.16. The molecule has 5 heteroatoms. The first kappa shape index (κ1) is 13.5. The van der Waals surface area contributed by atoms with E-state index in [4.69, 9.17) is 17.0 Å². The Morgan fingerprint density at radius 1 is 1.42 bits per heavy atom.